The predicted molar refractivity (Wildman–Crippen MR) is 69.7 cm³/mol. The van der Waals surface area contributed by atoms with E-state index in [-0.39, 0.29) is 22.9 Å². The fraction of sp³-hybridized carbons (Fsp3) is 0.385. The maximum absolute atomic E-state index is 12.9. The van der Waals surface area contributed by atoms with Crippen LogP contribution in [0, 0.1) is 11.9 Å². The van der Waals surface area contributed by atoms with Crippen molar-refractivity contribution in [1.29, 1.82) is 0 Å². The minimum Gasteiger partial charge on any atom is -0.461 e. The molecule has 4 nitrogen and oxygen atoms in total. The van der Waals surface area contributed by atoms with Crippen LogP contribution >= 0.6 is 11.6 Å². The predicted octanol–water partition coefficient (Wildman–Crippen LogP) is 2.97. The fourth-order valence-corrected chi connectivity index (χ4v) is 1.53. The summed E-state index contributed by atoms with van der Waals surface area (Å²) in [6.45, 7) is 2.25. The summed E-state index contributed by atoms with van der Waals surface area (Å²) in [7, 11) is 1.29. The minimum absolute atomic E-state index is 0.0412. The van der Waals surface area contributed by atoms with E-state index in [0.717, 1.165) is 18.9 Å². The molecule has 0 aliphatic heterocycles. The fourth-order valence-electron chi connectivity index (χ4n) is 1.29. The van der Waals surface area contributed by atoms with Crippen molar-refractivity contribution in [2.45, 2.75) is 19.8 Å². The molecule has 6 heteroatoms. The van der Waals surface area contributed by atoms with Gasteiger partial charge in [0.05, 0.1) is 11.6 Å². The molecule has 0 aliphatic rings. The largest absolute Gasteiger partial charge is 0.461 e. The second-order valence-corrected chi connectivity index (χ2v) is 4.06. The SMILES string of the molecule is CCCCOC(=O)C(=NOC)c1c[c]c(F)cc1Cl. The molecule has 19 heavy (non-hydrogen) atoms. The van der Waals surface area contributed by atoms with Gasteiger partial charge in [0, 0.05) is 11.6 Å². The van der Waals surface area contributed by atoms with Crippen molar-refractivity contribution < 1.29 is 18.8 Å². The summed E-state index contributed by atoms with van der Waals surface area (Å²) in [6.07, 6.45) is 1.64. The van der Waals surface area contributed by atoms with Crippen LogP contribution in [0.25, 0.3) is 0 Å². The average molecular weight is 287 g/mol. The van der Waals surface area contributed by atoms with Crippen LogP contribution in [-0.4, -0.2) is 25.4 Å². The zero-order valence-electron chi connectivity index (χ0n) is 10.7. The molecule has 0 saturated carbocycles. The van der Waals surface area contributed by atoms with Crippen molar-refractivity contribution >= 4 is 23.3 Å². The third-order valence-corrected chi connectivity index (χ3v) is 2.54. The number of oxime groups is 1. The Labute approximate surface area is 116 Å². The molecule has 0 N–H and O–H groups in total. The number of esters is 1. The molecule has 0 saturated heterocycles. The van der Waals surface area contributed by atoms with Crippen molar-refractivity contribution in [1.82, 2.24) is 0 Å². The molecule has 0 fully saturated rings. The minimum atomic E-state index is -0.669. The highest BCUT2D eigenvalue weighted by molar-refractivity contribution is 6.47. The molecule has 0 aliphatic carbocycles. The molecule has 1 aromatic carbocycles. The number of hydrogen-bond acceptors (Lipinski definition) is 4. The zero-order chi connectivity index (χ0) is 14.3. The van der Waals surface area contributed by atoms with Gasteiger partial charge in [0.15, 0.2) is 5.71 Å². The molecule has 0 atom stereocenters. The van der Waals surface area contributed by atoms with Crippen molar-refractivity contribution in [2.24, 2.45) is 5.16 Å². The van der Waals surface area contributed by atoms with Crippen LogP contribution in [0.1, 0.15) is 25.3 Å². The number of nitrogens with zero attached hydrogens (tertiary/aromatic N) is 1. The van der Waals surface area contributed by atoms with Gasteiger partial charge in [0.2, 0.25) is 0 Å². The third kappa shape index (κ3) is 4.52. The van der Waals surface area contributed by atoms with Gasteiger partial charge in [-0.25, -0.2) is 9.18 Å². The Hall–Kier alpha value is -1.62. The van der Waals surface area contributed by atoms with Gasteiger partial charge in [-0.2, -0.15) is 0 Å². The Morgan fingerprint density at radius 1 is 1.58 bits per heavy atom. The Balaban J connectivity index is 2.94. The Morgan fingerprint density at radius 3 is 2.89 bits per heavy atom. The van der Waals surface area contributed by atoms with Crippen LogP contribution in [-0.2, 0) is 14.4 Å². The summed E-state index contributed by atoms with van der Waals surface area (Å²) in [5.74, 6) is -1.29. The lowest BCUT2D eigenvalue weighted by Gasteiger charge is -2.08. The lowest BCUT2D eigenvalue weighted by atomic mass is 10.1. The lowest BCUT2D eigenvalue weighted by Crippen LogP contribution is -2.20. The standard InChI is InChI=1S/C13H14ClFNO3/c1-3-4-7-19-13(17)12(16-18-2)10-6-5-9(15)8-11(10)14/h6,8H,3-4,7H2,1-2H3. The van der Waals surface area contributed by atoms with Crippen LogP contribution in [0.4, 0.5) is 4.39 Å². The van der Waals surface area contributed by atoms with Crippen molar-refractivity contribution in [3.63, 3.8) is 0 Å². The number of hydrogen-bond donors (Lipinski definition) is 0. The molecular weight excluding hydrogens is 273 g/mol. The summed E-state index contributed by atoms with van der Waals surface area (Å²) < 4.78 is 17.9. The van der Waals surface area contributed by atoms with Gasteiger partial charge in [0.25, 0.3) is 0 Å². The number of unbranched alkanes of at least 4 members (excludes halogenated alkanes) is 1. The zero-order valence-corrected chi connectivity index (χ0v) is 11.5. The molecule has 0 spiro atoms. The van der Waals surface area contributed by atoms with E-state index in [1.807, 2.05) is 6.92 Å². The van der Waals surface area contributed by atoms with Crippen molar-refractivity contribution in [2.75, 3.05) is 13.7 Å². The smallest absolute Gasteiger partial charge is 0.361 e. The maximum Gasteiger partial charge on any atom is 0.361 e. The van der Waals surface area contributed by atoms with E-state index in [9.17, 15) is 9.18 Å². The van der Waals surface area contributed by atoms with Crippen LogP contribution < -0.4 is 0 Å². The van der Waals surface area contributed by atoms with Crippen LogP contribution in [0.5, 0.6) is 0 Å². The number of ether oxygens (including phenoxy) is 1. The highest BCUT2D eigenvalue weighted by atomic mass is 35.5. The van der Waals surface area contributed by atoms with E-state index in [2.05, 4.69) is 16.1 Å². The monoisotopic (exact) mass is 286 g/mol. The first-order valence-corrected chi connectivity index (χ1v) is 6.13. The number of carbonyl (C=O) groups excluding carboxylic acids is 1. The second-order valence-electron chi connectivity index (χ2n) is 3.65. The van der Waals surface area contributed by atoms with Crippen LogP contribution in [0.2, 0.25) is 5.02 Å². The third-order valence-electron chi connectivity index (χ3n) is 2.23. The van der Waals surface area contributed by atoms with E-state index >= 15 is 0 Å². The lowest BCUT2D eigenvalue weighted by molar-refractivity contribution is -0.135. The first-order valence-electron chi connectivity index (χ1n) is 5.75. The van der Waals surface area contributed by atoms with E-state index in [0.29, 0.717) is 0 Å². The highest BCUT2D eigenvalue weighted by Gasteiger charge is 2.20. The molecule has 1 aromatic rings. The normalized spacial score (nSPS) is 11.3. The summed E-state index contributed by atoms with van der Waals surface area (Å²) in [5.41, 5.74) is 0.103. The maximum atomic E-state index is 12.9. The second kappa shape index (κ2) is 7.74. The molecule has 1 rings (SSSR count). The first kappa shape index (κ1) is 15.4. The first-order chi connectivity index (χ1) is 9.10. The molecular formula is C13H14ClFNO3. The number of halogens is 2. The Kier molecular flexibility index (Phi) is 6.29. The van der Waals surface area contributed by atoms with Gasteiger partial charge in [-0.1, -0.05) is 30.1 Å². The summed E-state index contributed by atoms with van der Waals surface area (Å²) in [4.78, 5) is 16.4. The molecule has 0 unspecified atom stereocenters. The highest BCUT2D eigenvalue weighted by Crippen LogP contribution is 2.18. The van der Waals surface area contributed by atoms with Crippen LogP contribution in [0.15, 0.2) is 17.3 Å². The summed E-state index contributed by atoms with van der Waals surface area (Å²) in [5, 5.41) is 3.62. The Bertz CT molecular complexity index is 477. The summed E-state index contributed by atoms with van der Waals surface area (Å²) >= 11 is 5.86. The number of benzene rings is 1. The molecule has 0 heterocycles. The number of carbonyl (C=O) groups is 1. The molecule has 103 valence electrons. The molecule has 1 radical (unpaired) electrons. The van der Waals surface area contributed by atoms with E-state index < -0.39 is 11.8 Å². The molecule has 0 bridgehead atoms. The quantitative estimate of drug-likeness (QED) is 0.350. The topological polar surface area (TPSA) is 47.9 Å². The van der Waals surface area contributed by atoms with Gasteiger partial charge in [-0.15, -0.1) is 0 Å². The van der Waals surface area contributed by atoms with Gasteiger partial charge in [-0.3, -0.25) is 0 Å². The summed E-state index contributed by atoms with van der Waals surface area (Å²) in [6, 6.07) is 4.58. The van der Waals surface area contributed by atoms with Crippen LogP contribution in [0.3, 0.4) is 0 Å². The van der Waals surface area contributed by atoms with Gasteiger partial charge in [-0.05, 0) is 18.6 Å². The number of rotatable bonds is 6. The van der Waals surface area contributed by atoms with E-state index in [1.165, 1.54) is 13.2 Å². The average Bonchev–Trinajstić information content (AvgIpc) is 2.37. The Morgan fingerprint density at radius 2 is 2.32 bits per heavy atom. The van der Waals surface area contributed by atoms with E-state index in [1.54, 1.807) is 0 Å². The van der Waals surface area contributed by atoms with Crippen molar-refractivity contribution in [3.8, 4) is 0 Å². The molecule has 0 amide bonds. The van der Waals surface area contributed by atoms with Gasteiger partial charge < -0.3 is 9.57 Å². The van der Waals surface area contributed by atoms with Gasteiger partial charge >= 0.3 is 5.97 Å². The molecule has 0 aromatic heterocycles. The van der Waals surface area contributed by atoms with Crippen molar-refractivity contribution in [3.05, 3.63) is 34.6 Å². The van der Waals surface area contributed by atoms with Gasteiger partial charge in [0.1, 0.15) is 12.9 Å². The van der Waals surface area contributed by atoms with E-state index in [4.69, 9.17) is 16.3 Å².